The second kappa shape index (κ2) is 4.49. The molecule has 0 amide bonds. The maximum atomic E-state index is 13.7. The molecule has 2 nitrogen and oxygen atoms in total. The third-order valence-electron chi connectivity index (χ3n) is 2.60. The van der Waals surface area contributed by atoms with E-state index in [2.05, 4.69) is 10.3 Å². The third kappa shape index (κ3) is 2.11. The molecule has 0 fully saturated rings. The fraction of sp³-hybridized carbons (Fsp3) is 0.154. The highest BCUT2D eigenvalue weighted by molar-refractivity contribution is 5.64. The number of aromatic nitrogens is 1. The van der Waals surface area contributed by atoms with Gasteiger partial charge in [0.15, 0.2) is 11.6 Å². The molecule has 2 aromatic rings. The minimum atomic E-state index is -0.856. The lowest BCUT2D eigenvalue weighted by Crippen LogP contribution is -1.96. The Morgan fingerprint density at radius 2 is 1.88 bits per heavy atom. The summed E-state index contributed by atoms with van der Waals surface area (Å²) in [5, 5.41) is 2.93. The van der Waals surface area contributed by atoms with Crippen LogP contribution < -0.4 is 5.32 Å². The van der Waals surface area contributed by atoms with E-state index in [0.29, 0.717) is 5.69 Å². The summed E-state index contributed by atoms with van der Waals surface area (Å²) >= 11 is 0. The first-order chi connectivity index (χ1) is 8.13. The normalized spacial score (nSPS) is 10.4. The molecule has 2 rings (SSSR count). The number of nitrogens with zero attached hydrogens (tertiary/aromatic N) is 1. The van der Waals surface area contributed by atoms with Crippen molar-refractivity contribution in [3.63, 3.8) is 0 Å². The van der Waals surface area contributed by atoms with Crippen molar-refractivity contribution in [3.05, 3.63) is 47.7 Å². The van der Waals surface area contributed by atoms with Crippen LogP contribution in [0.2, 0.25) is 0 Å². The quantitative estimate of drug-likeness (QED) is 0.861. The summed E-state index contributed by atoms with van der Waals surface area (Å²) in [6, 6.07) is 6.51. The van der Waals surface area contributed by atoms with Crippen LogP contribution in [0.5, 0.6) is 0 Å². The summed E-state index contributed by atoms with van der Waals surface area (Å²) in [5.41, 5.74) is 1.67. The van der Waals surface area contributed by atoms with E-state index in [0.717, 1.165) is 5.69 Å². The zero-order valence-electron chi connectivity index (χ0n) is 9.59. The van der Waals surface area contributed by atoms with Crippen molar-refractivity contribution in [2.75, 3.05) is 12.4 Å². The molecule has 0 atom stereocenters. The molecule has 1 heterocycles. The summed E-state index contributed by atoms with van der Waals surface area (Å²) in [7, 11) is 1.76. The monoisotopic (exact) mass is 234 g/mol. The van der Waals surface area contributed by atoms with Gasteiger partial charge < -0.3 is 5.32 Å². The Morgan fingerprint density at radius 1 is 1.12 bits per heavy atom. The highest BCUT2D eigenvalue weighted by atomic mass is 19.2. The van der Waals surface area contributed by atoms with E-state index in [1.165, 1.54) is 13.0 Å². The highest BCUT2D eigenvalue weighted by Crippen LogP contribution is 2.26. The van der Waals surface area contributed by atoms with Gasteiger partial charge in [0.05, 0.1) is 5.69 Å². The Bertz CT molecular complexity index is 553. The van der Waals surface area contributed by atoms with Crippen LogP contribution in [-0.4, -0.2) is 12.0 Å². The molecule has 0 bridgehead atoms. The number of hydrogen-bond acceptors (Lipinski definition) is 2. The number of pyridine rings is 1. The standard InChI is InChI=1S/C13H12F2N2/c1-8-3-4-10(13(15)12(8)14)11-7-9(16-2)5-6-17-11/h3-7H,1-2H3,(H,16,17). The molecule has 1 N–H and O–H groups in total. The van der Waals surface area contributed by atoms with Crippen LogP contribution in [0, 0.1) is 18.6 Å². The maximum absolute atomic E-state index is 13.7. The molecular formula is C13H12F2N2. The van der Waals surface area contributed by atoms with Gasteiger partial charge in [-0.15, -0.1) is 0 Å². The molecule has 0 radical (unpaired) electrons. The number of nitrogens with one attached hydrogen (secondary N) is 1. The molecule has 0 aliphatic rings. The molecule has 0 aliphatic carbocycles. The van der Waals surface area contributed by atoms with Gasteiger partial charge in [-0.1, -0.05) is 6.07 Å². The van der Waals surface area contributed by atoms with Gasteiger partial charge in [-0.3, -0.25) is 4.98 Å². The molecule has 4 heteroatoms. The molecule has 0 saturated heterocycles. The predicted octanol–water partition coefficient (Wildman–Crippen LogP) is 3.38. The van der Waals surface area contributed by atoms with Gasteiger partial charge in [-0.05, 0) is 30.7 Å². The van der Waals surface area contributed by atoms with Gasteiger partial charge in [0.1, 0.15) is 0 Å². The van der Waals surface area contributed by atoms with Gasteiger partial charge in [0, 0.05) is 24.5 Å². The van der Waals surface area contributed by atoms with Crippen molar-refractivity contribution in [1.29, 1.82) is 0 Å². The van der Waals surface area contributed by atoms with Crippen molar-refractivity contribution >= 4 is 5.69 Å². The second-order valence-corrected chi connectivity index (χ2v) is 3.74. The Kier molecular flexibility index (Phi) is 3.04. The van der Waals surface area contributed by atoms with Gasteiger partial charge in [0.25, 0.3) is 0 Å². The van der Waals surface area contributed by atoms with Crippen LogP contribution >= 0.6 is 0 Å². The van der Waals surface area contributed by atoms with Crippen molar-refractivity contribution in [2.45, 2.75) is 6.92 Å². The minimum Gasteiger partial charge on any atom is -0.388 e. The van der Waals surface area contributed by atoms with Gasteiger partial charge in [-0.25, -0.2) is 8.78 Å². The molecule has 17 heavy (non-hydrogen) atoms. The Balaban J connectivity index is 2.56. The van der Waals surface area contributed by atoms with Gasteiger partial charge in [-0.2, -0.15) is 0 Å². The van der Waals surface area contributed by atoms with E-state index in [4.69, 9.17) is 0 Å². The molecule has 0 spiro atoms. The van der Waals surface area contributed by atoms with Crippen LogP contribution in [-0.2, 0) is 0 Å². The number of halogens is 2. The van der Waals surface area contributed by atoms with Gasteiger partial charge in [0.2, 0.25) is 0 Å². The summed E-state index contributed by atoms with van der Waals surface area (Å²) in [5.74, 6) is -1.68. The third-order valence-corrected chi connectivity index (χ3v) is 2.60. The first-order valence-corrected chi connectivity index (χ1v) is 5.22. The van der Waals surface area contributed by atoms with E-state index in [9.17, 15) is 8.78 Å². The van der Waals surface area contributed by atoms with Gasteiger partial charge >= 0.3 is 0 Å². The van der Waals surface area contributed by atoms with Crippen LogP contribution in [0.15, 0.2) is 30.5 Å². The second-order valence-electron chi connectivity index (χ2n) is 3.74. The van der Waals surface area contributed by atoms with Crippen molar-refractivity contribution in [2.24, 2.45) is 0 Å². The molecule has 88 valence electrons. The SMILES string of the molecule is CNc1ccnc(-c2ccc(C)c(F)c2F)c1. The van der Waals surface area contributed by atoms with E-state index in [1.54, 1.807) is 31.4 Å². The molecule has 0 aliphatic heterocycles. The fourth-order valence-corrected chi connectivity index (χ4v) is 1.58. The number of rotatable bonds is 2. The first-order valence-electron chi connectivity index (χ1n) is 5.22. The largest absolute Gasteiger partial charge is 0.388 e. The summed E-state index contributed by atoms with van der Waals surface area (Å²) in [6.07, 6.45) is 1.55. The van der Waals surface area contributed by atoms with Crippen molar-refractivity contribution in [1.82, 2.24) is 4.98 Å². The lowest BCUT2D eigenvalue weighted by atomic mass is 10.1. The van der Waals surface area contributed by atoms with Crippen LogP contribution in [0.4, 0.5) is 14.5 Å². The Morgan fingerprint density at radius 3 is 2.59 bits per heavy atom. The fourth-order valence-electron chi connectivity index (χ4n) is 1.58. The van der Waals surface area contributed by atoms with E-state index >= 15 is 0 Å². The molecule has 0 unspecified atom stereocenters. The molecule has 1 aromatic carbocycles. The van der Waals surface area contributed by atoms with E-state index in [-0.39, 0.29) is 11.1 Å². The number of aryl methyl sites for hydroxylation is 1. The zero-order chi connectivity index (χ0) is 12.4. The maximum Gasteiger partial charge on any atom is 0.168 e. The predicted molar refractivity (Wildman–Crippen MR) is 63.9 cm³/mol. The topological polar surface area (TPSA) is 24.9 Å². The number of anilines is 1. The lowest BCUT2D eigenvalue weighted by molar-refractivity contribution is 0.505. The number of benzene rings is 1. The average Bonchev–Trinajstić information content (AvgIpc) is 2.36. The molecular weight excluding hydrogens is 222 g/mol. The Labute approximate surface area is 98.3 Å². The first kappa shape index (κ1) is 11.5. The van der Waals surface area contributed by atoms with Crippen molar-refractivity contribution in [3.8, 4) is 11.3 Å². The van der Waals surface area contributed by atoms with E-state index in [1.807, 2.05) is 0 Å². The van der Waals surface area contributed by atoms with Crippen LogP contribution in [0.25, 0.3) is 11.3 Å². The summed E-state index contributed by atoms with van der Waals surface area (Å²) in [6.45, 7) is 1.53. The highest BCUT2D eigenvalue weighted by Gasteiger charge is 2.13. The smallest absolute Gasteiger partial charge is 0.168 e. The van der Waals surface area contributed by atoms with Crippen molar-refractivity contribution < 1.29 is 8.78 Å². The average molecular weight is 234 g/mol. The summed E-state index contributed by atoms with van der Waals surface area (Å²) in [4.78, 5) is 4.04. The molecule has 0 saturated carbocycles. The van der Waals surface area contributed by atoms with Crippen LogP contribution in [0.3, 0.4) is 0 Å². The lowest BCUT2D eigenvalue weighted by Gasteiger charge is -2.07. The minimum absolute atomic E-state index is 0.171. The zero-order valence-corrected chi connectivity index (χ0v) is 9.59. The Hall–Kier alpha value is -1.97. The number of hydrogen-bond donors (Lipinski definition) is 1. The van der Waals surface area contributed by atoms with E-state index < -0.39 is 11.6 Å². The van der Waals surface area contributed by atoms with Crippen LogP contribution in [0.1, 0.15) is 5.56 Å². The summed E-state index contributed by atoms with van der Waals surface area (Å²) < 4.78 is 27.2. The molecule has 1 aromatic heterocycles.